The van der Waals surface area contributed by atoms with Gasteiger partial charge in [-0.05, 0) is 27.7 Å². The van der Waals surface area contributed by atoms with Gasteiger partial charge in [0.15, 0.2) is 5.82 Å². The van der Waals surface area contributed by atoms with E-state index in [2.05, 4.69) is 36.1 Å². The number of aryl methyl sites for hydroxylation is 2. The molecule has 0 bridgehead atoms. The van der Waals surface area contributed by atoms with Gasteiger partial charge < -0.3 is 10.2 Å². The first-order valence-corrected chi connectivity index (χ1v) is 6.18. The number of nitrogens with zero attached hydrogens (tertiary/aromatic N) is 3. The van der Waals surface area contributed by atoms with E-state index in [-0.39, 0.29) is 5.91 Å². The molecule has 0 saturated heterocycles. The molecular weight excluding hydrogens is 216 g/mol. The fourth-order valence-corrected chi connectivity index (χ4v) is 2.26. The van der Waals surface area contributed by atoms with Gasteiger partial charge in [0.1, 0.15) is 5.69 Å². The fourth-order valence-electron chi connectivity index (χ4n) is 2.26. The number of carbonyl (C=O) groups excluding carboxylic acids is 1. The number of carbonyl (C=O) groups is 1. The predicted molar refractivity (Wildman–Crippen MR) is 68.4 cm³/mol. The Bertz CT molecular complexity index is 436. The quantitative estimate of drug-likeness (QED) is 0.851. The lowest BCUT2D eigenvalue weighted by Crippen LogP contribution is -2.33. The van der Waals surface area contributed by atoms with Gasteiger partial charge in [-0.3, -0.25) is 4.79 Å². The number of hydrogen-bond acceptors (Lipinski definition) is 3. The van der Waals surface area contributed by atoms with E-state index in [0.29, 0.717) is 12.5 Å². The SMILES string of the molecule is CCn1nc(C)c2c1N(C(C)C)CCC(=O)N2. The molecule has 0 spiro atoms. The summed E-state index contributed by atoms with van der Waals surface area (Å²) in [5.74, 6) is 1.12. The third kappa shape index (κ3) is 2.01. The van der Waals surface area contributed by atoms with Crippen LogP contribution < -0.4 is 10.2 Å². The molecule has 1 aromatic rings. The van der Waals surface area contributed by atoms with Gasteiger partial charge in [-0.2, -0.15) is 5.10 Å². The highest BCUT2D eigenvalue weighted by molar-refractivity contribution is 5.96. The van der Waals surface area contributed by atoms with E-state index >= 15 is 0 Å². The maximum absolute atomic E-state index is 11.7. The Hall–Kier alpha value is -1.52. The molecular formula is C12H20N4O. The first-order valence-electron chi connectivity index (χ1n) is 6.18. The minimum absolute atomic E-state index is 0.0770. The number of hydrogen-bond donors (Lipinski definition) is 1. The second kappa shape index (κ2) is 4.39. The molecule has 94 valence electrons. The third-order valence-electron chi connectivity index (χ3n) is 3.14. The maximum atomic E-state index is 11.7. The van der Waals surface area contributed by atoms with Gasteiger partial charge in [0.2, 0.25) is 5.91 Å². The van der Waals surface area contributed by atoms with E-state index in [9.17, 15) is 4.79 Å². The van der Waals surface area contributed by atoms with Gasteiger partial charge in [-0.25, -0.2) is 4.68 Å². The number of anilines is 2. The van der Waals surface area contributed by atoms with Gasteiger partial charge in [-0.1, -0.05) is 0 Å². The van der Waals surface area contributed by atoms with E-state index in [1.54, 1.807) is 0 Å². The van der Waals surface area contributed by atoms with Crippen molar-refractivity contribution in [2.45, 2.75) is 46.7 Å². The summed E-state index contributed by atoms with van der Waals surface area (Å²) >= 11 is 0. The zero-order chi connectivity index (χ0) is 12.6. The van der Waals surface area contributed by atoms with Crippen LogP contribution in [0.25, 0.3) is 0 Å². The molecule has 17 heavy (non-hydrogen) atoms. The van der Waals surface area contributed by atoms with Crippen molar-refractivity contribution in [1.82, 2.24) is 9.78 Å². The molecule has 0 saturated carbocycles. The zero-order valence-corrected chi connectivity index (χ0v) is 10.9. The van der Waals surface area contributed by atoms with Gasteiger partial charge in [0.05, 0.1) is 5.69 Å². The van der Waals surface area contributed by atoms with Crippen LogP contribution in [0.5, 0.6) is 0 Å². The van der Waals surface area contributed by atoms with Crippen molar-refractivity contribution in [2.75, 3.05) is 16.8 Å². The molecule has 1 aliphatic heterocycles. The highest BCUT2D eigenvalue weighted by Gasteiger charge is 2.27. The average molecular weight is 236 g/mol. The Kier molecular flexibility index (Phi) is 3.09. The van der Waals surface area contributed by atoms with Crippen LogP contribution in [-0.4, -0.2) is 28.3 Å². The second-order valence-corrected chi connectivity index (χ2v) is 4.69. The Morgan fingerprint density at radius 1 is 1.47 bits per heavy atom. The second-order valence-electron chi connectivity index (χ2n) is 4.69. The lowest BCUT2D eigenvalue weighted by atomic mass is 10.3. The molecule has 0 radical (unpaired) electrons. The predicted octanol–water partition coefficient (Wildman–Crippen LogP) is 1.77. The molecule has 0 aliphatic carbocycles. The molecule has 5 nitrogen and oxygen atoms in total. The Morgan fingerprint density at radius 2 is 2.18 bits per heavy atom. The molecule has 1 aliphatic rings. The molecule has 0 fully saturated rings. The van der Waals surface area contributed by atoms with Crippen molar-refractivity contribution in [3.8, 4) is 0 Å². The Balaban J connectivity index is 2.54. The van der Waals surface area contributed by atoms with Gasteiger partial charge in [-0.15, -0.1) is 0 Å². The summed E-state index contributed by atoms with van der Waals surface area (Å²) in [5, 5.41) is 7.45. The molecule has 0 aromatic carbocycles. The van der Waals surface area contributed by atoms with Crippen LogP contribution in [0.4, 0.5) is 11.5 Å². The van der Waals surface area contributed by atoms with Crippen LogP contribution in [0.15, 0.2) is 0 Å². The monoisotopic (exact) mass is 236 g/mol. The number of nitrogens with one attached hydrogen (secondary N) is 1. The van der Waals surface area contributed by atoms with Crippen molar-refractivity contribution in [2.24, 2.45) is 0 Å². The smallest absolute Gasteiger partial charge is 0.226 e. The summed E-state index contributed by atoms with van der Waals surface area (Å²) in [6, 6.07) is 0.364. The van der Waals surface area contributed by atoms with E-state index < -0.39 is 0 Å². The topological polar surface area (TPSA) is 50.2 Å². The van der Waals surface area contributed by atoms with Crippen LogP contribution in [0.3, 0.4) is 0 Å². The van der Waals surface area contributed by atoms with E-state index in [4.69, 9.17) is 0 Å². The Morgan fingerprint density at radius 3 is 2.76 bits per heavy atom. The van der Waals surface area contributed by atoms with E-state index in [0.717, 1.165) is 30.3 Å². The molecule has 5 heteroatoms. The molecule has 2 heterocycles. The summed E-state index contributed by atoms with van der Waals surface area (Å²) < 4.78 is 1.97. The lowest BCUT2D eigenvalue weighted by molar-refractivity contribution is -0.115. The summed E-state index contributed by atoms with van der Waals surface area (Å²) in [5.41, 5.74) is 1.77. The van der Waals surface area contributed by atoms with Gasteiger partial charge in [0.25, 0.3) is 0 Å². The first-order chi connectivity index (χ1) is 8.04. The zero-order valence-electron chi connectivity index (χ0n) is 10.9. The highest BCUT2D eigenvalue weighted by atomic mass is 16.1. The third-order valence-corrected chi connectivity index (χ3v) is 3.14. The molecule has 1 aromatic heterocycles. The molecule has 1 N–H and O–H groups in total. The molecule has 0 unspecified atom stereocenters. The lowest BCUT2D eigenvalue weighted by Gasteiger charge is -2.27. The van der Waals surface area contributed by atoms with E-state index in [1.807, 2.05) is 11.6 Å². The average Bonchev–Trinajstić information content (AvgIpc) is 2.47. The van der Waals surface area contributed by atoms with Crippen molar-refractivity contribution in [3.63, 3.8) is 0 Å². The summed E-state index contributed by atoms with van der Waals surface area (Å²) in [6.45, 7) is 9.85. The van der Waals surface area contributed by atoms with Crippen LogP contribution in [-0.2, 0) is 11.3 Å². The maximum Gasteiger partial charge on any atom is 0.226 e. The van der Waals surface area contributed by atoms with Gasteiger partial charge in [0, 0.05) is 25.6 Å². The van der Waals surface area contributed by atoms with Crippen LogP contribution >= 0.6 is 0 Å². The van der Waals surface area contributed by atoms with Crippen molar-refractivity contribution < 1.29 is 4.79 Å². The first kappa shape index (κ1) is 12.0. The normalized spacial score (nSPS) is 15.8. The molecule has 0 atom stereocenters. The largest absolute Gasteiger partial charge is 0.352 e. The Labute approximate surface area is 102 Å². The fraction of sp³-hybridized carbons (Fsp3) is 0.667. The number of aromatic nitrogens is 2. The summed E-state index contributed by atoms with van der Waals surface area (Å²) in [6.07, 6.45) is 0.538. The van der Waals surface area contributed by atoms with Crippen LogP contribution in [0.2, 0.25) is 0 Å². The van der Waals surface area contributed by atoms with Gasteiger partial charge >= 0.3 is 0 Å². The standard InChI is InChI=1S/C12H20N4O/c1-5-16-12-11(9(4)14-16)13-10(17)6-7-15(12)8(2)3/h8H,5-7H2,1-4H3,(H,13,17). The number of rotatable bonds is 2. The molecule has 2 rings (SSSR count). The number of amides is 1. The minimum Gasteiger partial charge on any atom is -0.352 e. The van der Waals surface area contributed by atoms with E-state index in [1.165, 1.54) is 0 Å². The van der Waals surface area contributed by atoms with Crippen molar-refractivity contribution >= 4 is 17.4 Å². The summed E-state index contributed by atoms with van der Waals surface area (Å²) in [4.78, 5) is 13.9. The highest BCUT2D eigenvalue weighted by Crippen LogP contribution is 2.33. The number of fused-ring (bicyclic) bond motifs is 1. The van der Waals surface area contributed by atoms with Crippen molar-refractivity contribution in [3.05, 3.63) is 5.69 Å². The van der Waals surface area contributed by atoms with Crippen molar-refractivity contribution in [1.29, 1.82) is 0 Å². The van der Waals surface area contributed by atoms with Crippen LogP contribution in [0.1, 0.15) is 32.9 Å². The molecule has 1 amide bonds. The van der Waals surface area contributed by atoms with Crippen LogP contribution in [0, 0.1) is 6.92 Å². The summed E-state index contributed by atoms with van der Waals surface area (Å²) in [7, 11) is 0. The minimum atomic E-state index is 0.0770.